The Kier molecular flexibility index (Phi) is 7.10. The summed E-state index contributed by atoms with van der Waals surface area (Å²) in [6, 6.07) is 4.57. The molecule has 1 fully saturated rings. The third kappa shape index (κ3) is 5.31. The maximum absolute atomic E-state index is 12.8. The third-order valence-electron chi connectivity index (χ3n) is 3.94. The molecule has 6 nitrogen and oxygen atoms in total. The highest BCUT2D eigenvalue weighted by atomic mass is 35.5. The van der Waals surface area contributed by atoms with Crippen LogP contribution in [0.15, 0.2) is 23.1 Å². The first-order chi connectivity index (χ1) is 11.7. The van der Waals surface area contributed by atoms with Crippen molar-refractivity contribution in [3.05, 3.63) is 28.2 Å². The average molecular weight is 408 g/mol. The van der Waals surface area contributed by atoms with Gasteiger partial charge in [-0.05, 0) is 18.1 Å². The normalized spacial score (nSPS) is 17.0. The predicted molar refractivity (Wildman–Crippen MR) is 99.5 cm³/mol. The summed E-state index contributed by atoms with van der Waals surface area (Å²) in [5.74, 6) is 0.358. The molecule has 1 aromatic carbocycles. The van der Waals surface area contributed by atoms with Crippen molar-refractivity contribution in [3.63, 3.8) is 0 Å². The summed E-state index contributed by atoms with van der Waals surface area (Å²) < 4.78 is 26.9. The number of piperazine rings is 1. The summed E-state index contributed by atoms with van der Waals surface area (Å²) in [5.41, 5.74) is 0. The zero-order valence-electron chi connectivity index (χ0n) is 14.3. The lowest BCUT2D eigenvalue weighted by Crippen LogP contribution is -2.51. The number of halogens is 2. The fraction of sp³-hybridized carbons (Fsp3) is 0.562. The molecule has 0 unspecified atom stereocenters. The van der Waals surface area contributed by atoms with Crippen molar-refractivity contribution in [3.8, 4) is 0 Å². The molecule has 1 aliphatic rings. The maximum Gasteiger partial charge on any atom is 0.244 e. The molecule has 1 aliphatic heterocycles. The number of nitrogens with zero attached hydrogens (tertiary/aromatic N) is 2. The van der Waals surface area contributed by atoms with Crippen molar-refractivity contribution in [2.75, 3.05) is 39.3 Å². The van der Waals surface area contributed by atoms with E-state index in [9.17, 15) is 13.2 Å². The minimum Gasteiger partial charge on any atom is -0.355 e. The van der Waals surface area contributed by atoms with Crippen LogP contribution in [-0.4, -0.2) is 62.8 Å². The summed E-state index contributed by atoms with van der Waals surface area (Å²) in [4.78, 5) is 13.8. The van der Waals surface area contributed by atoms with Gasteiger partial charge in [-0.25, -0.2) is 8.42 Å². The van der Waals surface area contributed by atoms with Gasteiger partial charge >= 0.3 is 0 Å². The van der Waals surface area contributed by atoms with Gasteiger partial charge in [0, 0.05) is 32.7 Å². The van der Waals surface area contributed by atoms with E-state index >= 15 is 0 Å². The van der Waals surface area contributed by atoms with Gasteiger partial charge in [-0.3, -0.25) is 9.69 Å². The Hall–Kier alpha value is -0.860. The second-order valence-corrected chi connectivity index (χ2v) is 9.12. The van der Waals surface area contributed by atoms with E-state index in [1.807, 2.05) is 18.7 Å². The van der Waals surface area contributed by atoms with E-state index in [0.29, 0.717) is 38.6 Å². The summed E-state index contributed by atoms with van der Waals surface area (Å²) in [6.07, 6.45) is 0. The molecule has 0 spiro atoms. The van der Waals surface area contributed by atoms with E-state index in [-0.39, 0.29) is 27.4 Å². The van der Waals surface area contributed by atoms with Crippen molar-refractivity contribution in [2.24, 2.45) is 5.92 Å². The number of benzene rings is 1. The van der Waals surface area contributed by atoms with Crippen molar-refractivity contribution < 1.29 is 13.2 Å². The number of carbonyl (C=O) groups is 1. The second kappa shape index (κ2) is 8.68. The molecule has 9 heteroatoms. The smallest absolute Gasteiger partial charge is 0.244 e. The molecular formula is C16H23Cl2N3O3S. The number of rotatable bonds is 6. The molecule has 0 aliphatic carbocycles. The highest BCUT2D eigenvalue weighted by Crippen LogP contribution is 2.31. The molecule has 1 amide bonds. The molecule has 0 radical (unpaired) electrons. The van der Waals surface area contributed by atoms with Gasteiger partial charge < -0.3 is 5.32 Å². The Balaban J connectivity index is 1.95. The fourth-order valence-electron chi connectivity index (χ4n) is 2.53. The average Bonchev–Trinajstić information content (AvgIpc) is 2.56. The van der Waals surface area contributed by atoms with Crippen LogP contribution in [0.4, 0.5) is 0 Å². The molecule has 0 atom stereocenters. The molecule has 25 heavy (non-hydrogen) atoms. The molecular weight excluding hydrogens is 385 g/mol. The topological polar surface area (TPSA) is 69.7 Å². The number of hydrogen-bond donors (Lipinski definition) is 1. The lowest BCUT2D eigenvalue weighted by Gasteiger charge is -2.33. The Morgan fingerprint density at radius 2 is 1.84 bits per heavy atom. The quantitative estimate of drug-likeness (QED) is 0.783. The summed E-state index contributed by atoms with van der Waals surface area (Å²) >= 11 is 12.0. The second-order valence-electron chi connectivity index (χ2n) is 6.43. The van der Waals surface area contributed by atoms with E-state index in [1.54, 1.807) is 12.1 Å². The molecule has 1 N–H and O–H groups in total. The molecule has 1 saturated heterocycles. The first kappa shape index (κ1) is 20.5. The van der Waals surface area contributed by atoms with Gasteiger partial charge in [0.15, 0.2) is 0 Å². The van der Waals surface area contributed by atoms with E-state index in [4.69, 9.17) is 23.2 Å². The Morgan fingerprint density at radius 3 is 2.44 bits per heavy atom. The third-order valence-corrected chi connectivity index (χ3v) is 6.81. The SMILES string of the molecule is CC(C)CNC(=O)CN1CCN(S(=O)(=O)c2cccc(Cl)c2Cl)CC1. The van der Waals surface area contributed by atoms with Crippen molar-refractivity contribution >= 4 is 39.1 Å². The highest BCUT2D eigenvalue weighted by Gasteiger charge is 2.31. The zero-order chi connectivity index (χ0) is 18.6. The fourth-order valence-corrected chi connectivity index (χ4v) is 4.69. The first-order valence-electron chi connectivity index (χ1n) is 8.15. The number of hydrogen-bond acceptors (Lipinski definition) is 4. The summed E-state index contributed by atoms with van der Waals surface area (Å²) in [6.45, 7) is 6.58. The lowest BCUT2D eigenvalue weighted by molar-refractivity contribution is -0.122. The Bertz CT molecular complexity index is 717. The van der Waals surface area contributed by atoms with Gasteiger partial charge in [0.2, 0.25) is 15.9 Å². The Labute approximate surface area is 159 Å². The number of carbonyl (C=O) groups excluding carboxylic acids is 1. The van der Waals surface area contributed by atoms with Crippen LogP contribution in [0.3, 0.4) is 0 Å². The number of sulfonamides is 1. The summed E-state index contributed by atoms with van der Waals surface area (Å²) in [5, 5.41) is 3.12. The van der Waals surface area contributed by atoms with Crippen LogP contribution in [0.25, 0.3) is 0 Å². The van der Waals surface area contributed by atoms with Gasteiger partial charge in [-0.2, -0.15) is 4.31 Å². The maximum atomic E-state index is 12.8. The van der Waals surface area contributed by atoms with E-state index < -0.39 is 10.0 Å². The van der Waals surface area contributed by atoms with Crippen LogP contribution in [-0.2, 0) is 14.8 Å². The first-order valence-corrected chi connectivity index (χ1v) is 10.3. The van der Waals surface area contributed by atoms with Crippen LogP contribution < -0.4 is 5.32 Å². The molecule has 1 aromatic rings. The highest BCUT2D eigenvalue weighted by molar-refractivity contribution is 7.89. The minimum atomic E-state index is -3.70. The van der Waals surface area contributed by atoms with Gasteiger partial charge in [-0.15, -0.1) is 0 Å². The van der Waals surface area contributed by atoms with E-state index in [1.165, 1.54) is 10.4 Å². The van der Waals surface area contributed by atoms with Crippen LogP contribution in [0.5, 0.6) is 0 Å². The van der Waals surface area contributed by atoms with Crippen LogP contribution in [0.2, 0.25) is 10.0 Å². The lowest BCUT2D eigenvalue weighted by atomic mass is 10.2. The Morgan fingerprint density at radius 1 is 1.20 bits per heavy atom. The van der Waals surface area contributed by atoms with Crippen LogP contribution in [0, 0.1) is 5.92 Å². The largest absolute Gasteiger partial charge is 0.355 e. The van der Waals surface area contributed by atoms with E-state index in [2.05, 4.69) is 5.32 Å². The van der Waals surface area contributed by atoms with Crippen molar-refractivity contribution in [1.82, 2.24) is 14.5 Å². The number of amides is 1. The molecule has 0 saturated carbocycles. The van der Waals surface area contributed by atoms with Crippen molar-refractivity contribution in [1.29, 1.82) is 0 Å². The molecule has 140 valence electrons. The van der Waals surface area contributed by atoms with Crippen LogP contribution in [0.1, 0.15) is 13.8 Å². The number of nitrogens with one attached hydrogen (secondary N) is 1. The van der Waals surface area contributed by atoms with Gasteiger partial charge in [0.05, 0.1) is 16.6 Å². The molecule has 0 bridgehead atoms. The molecule has 0 aromatic heterocycles. The van der Waals surface area contributed by atoms with Crippen molar-refractivity contribution in [2.45, 2.75) is 18.7 Å². The summed E-state index contributed by atoms with van der Waals surface area (Å²) in [7, 11) is -3.70. The van der Waals surface area contributed by atoms with Gasteiger partial charge in [0.1, 0.15) is 4.90 Å². The standard InChI is InChI=1S/C16H23Cl2N3O3S/c1-12(2)10-19-15(22)11-20-6-8-21(9-7-20)25(23,24)14-5-3-4-13(17)16(14)18/h3-5,12H,6-11H2,1-2H3,(H,19,22). The monoisotopic (exact) mass is 407 g/mol. The molecule has 2 rings (SSSR count). The van der Waals surface area contributed by atoms with Gasteiger partial charge in [0.25, 0.3) is 0 Å². The zero-order valence-corrected chi connectivity index (χ0v) is 16.7. The van der Waals surface area contributed by atoms with Crippen LogP contribution >= 0.6 is 23.2 Å². The van der Waals surface area contributed by atoms with E-state index in [0.717, 1.165) is 0 Å². The molecule has 1 heterocycles. The minimum absolute atomic E-state index is 0.0183. The predicted octanol–water partition coefficient (Wildman–Crippen LogP) is 2.07. The van der Waals surface area contributed by atoms with Gasteiger partial charge in [-0.1, -0.05) is 43.1 Å².